The van der Waals surface area contributed by atoms with E-state index < -0.39 is 29.6 Å². The first kappa shape index (κ1) is 27.5. The number of benzene rings is 1. The van der Waals surface area contributed by atoms with Crippen LogP contribution in [0.2, 0.25) is 0 Å². The second-order valence-electron chi connectivity index (χ2n) is 9.81. The van der Waals surface area contributed by atoms with Crippen molar-refractivity contribution in [1.29, 1.82) is 0 Å². The number of nitrogens with one attached hydrogen (secondary N) is 1. The van der Waals surface area contributed by atoms with E-state index in [9.17, 15) is 14.4 Å². The average Bonchev–Trinajstić information content (AvgIpc) is 3.49. The Labute approximate surface area is 224 Å². The number of carbonyl (C=O) groups excluding carboxylic acids is 3. The monoisotopic (exact) mass is 543 g/mol. The van der Waals surface area contributed by atoms with Gasteiger partial charge >= 0.3 is 6.09 Å². The number of nitrogens with zero attached hydrogens (tertiary/aromatic N) is 4. The predicted octanol–water partition coefficient (Wildman–Crippen LogP) is 1.88. The van der Waals surface area contributed by atoms with Gasteiger partial charge in [-0.05, 0) is 38.7 Å². The molecule has 0 radical (unpaired) electrons. The number of thiazole rings is 1. The van der Waals surface area contributed by atoms with Gasteiger partial charge in [-0.25, -0.2) is 4.79 Å². The van der Waals surface area contributed by atoms with E-state index in [1.54, 1.807) is 23.6 Å². The molecule has 0 aliphatic carbocycles. The number of hydrogen-bond donors (Lipinski definition) is 3. The van der Waals surface area contributed by atoms with Crippen molar-refractivity contribution in [2.75, 3.05) is 13.2 Å². The van der Waals surface area contributed by atoms with Crippen molar-refractivity contribution >= 4 is 34.2 Å². The smallest absolute Gasteiger partial charge is 0.410 e. The number of primary amides is 1. The molecule has 1 aromatic carbocycles. The van der Waals surface area contributed by atoms with E-state index in [2.05, 4.69) is 15.5 Å². The fourth-order valence-electron chi connectivity index (χ4n) is 4.18. The molecule has 0 saturated carbocycles. The molecule has 3 aromatic rings. The maximum atomic E-state index is 12.8. The molecule has 204 valence electrons. The average molecular weight is 544 g/mol. The molecule has 5 N–H and O–H groups in total. The van der Waals surface area contributed by atoms with Gasteiger partial charge < -0.3 is 26.3 Å². The quantitative estimate of drug-likeness (QED) is 0.348. The molecule has 2 aromatic heterocycles. The molecule has 3 heterocycles. The molecule has 12 nitrogen and oxygen atoms in total. The molecule has 1 aliphatic heterocycles. The van der Waals surface area contributed by atoms with Crippen molar-refractivity contribution < 1.29 is 23.9 Å². The number of carbonyl (C=O) groups is 3. The lowest BCUT2D eigenvalue weighted by atomic mass is 10.0. The SMILES string of the molecule is CC(C)(N)C(=O)N[C@H](COCc1ccccc1)c1nnc2scc(COC(=O)N3CCCC[C@@H]3C(N)=O)n12. The molecule has 0 bridgehead atoms. The van der Waals surface area contributed by atoms with Crippen LogP contribution in [0.5, 0.6) is 0 Å². The number of ether oxygens (including phenoxy) is 2. The summed E-state index contributed by atoms with van der Waals surface area (Å²) in [6.45, 7) is 4.00. The maximum Gasteiger partial charge on any atom is 0.410 e. The van der Waals surface area contributed by atoms with Crippen LogP contribution < -0.4 is 16.8 Å². The van der Waals surface area contributed by atoms with Crippen LogP contribution in [0, 0.1) is 0 Å². The Bertz CT molecular complexity index is 1270. The Morgan fingerprint density at radius 3 is 2.66 bits per heavy atom. The molecule has 0 unspecified atom stereocenters. The van der Waals surface area contributed by atoms with Crippen LogP contribution in [-0.4, -0.2) is 62.1 Å². The van der Waals surface area contributed by atoms with Gasteiger partial charge in [-0.15, -0.1) is 21.5 Å². The van der Waals surface area contributed by atoms with Crippen LogP contribution in [0.3, 0.4) is 0 Å². The lowest BCUT2D eigenvalue weighted by Gasteiger charge is -2.32. The highest BCUT2D eigenvalue weighted by Gasteiger charge is 2.32. The summed E-state index contributed by atoms with van der Waals surface area (Å²) in [5, 5.41) is 13.3. The van der Waals surface area contributed by atoms with E-state index in [0.717, 1.165) is 18.4 Å². The van der Waals surface area contributed by atoms with Crippen molar-refractivity contribution in [2.45, 2.75) is 63.9 Å². The molecule has 0 spiro atoms. The zero-order valence-corrected chi connectivity index (χ0v) is 22.3. The number of rotatable bonds is 10. The Balaban J connectivity index is 1.52. The Morgan fingerprint density at radius 2 is 1.95 bits per heavy atom. The minimum Gasteiger partial charge on any atom is -0.443 e. The van der Waals surface area contributed by atoms with Crippen LogP contribution in [0.1, 0.15) is 56.2 Å². The minimum atomic E-state index is -1.13. The molecule has 13 heteroatoms. The number of aromatic nitrogens is 3. The van der Waals surface area contributed by atoms with Gasteiger partial charge in [-0.2, -0.15) is 0 Å². The minimum absolute atomic E-state index is 0.0836. The number of likely N-dealkylation sites (tertiary alicyclic amines) is 1. The number of amides is 3. The summed E-state index contributed by atoms with van der Waals surface area (Å²) in [5.74, 6) is -0.503. The third-order valence-electron chi connectivity index (χ3n) is 6.25. The summed E-state index contributed by atoms with van der Waals surface area (Å²) in [6.07, 6.45) is 1.51. The molecule has 1 aliphatic rings. The molecule has 1 fully saturated rings. The van der Waals surface area contributed by atoms with Crippen LogP contribution >= 0.6 is 11.3 Å². The molecule has 1 saturated heterocycles. The lowest BCUT2D eigenvalue weighted by molar-refractivity contribution is -0.126. The number of nitrogens with two attached hydrogens (primary N) is 2. The van der Waals surface area contributed by atoms with E-state index in [1.165, 1.54) is 16.2 Å². The highest BCUT2D eigenvalue weighted by atomic mass is 32.1. The van der Waals surface area contributed by atoms with Gasteiger partial charge in [0, 0.05) is 11.9 Å². The molecule has 2 atom stereocenters. The normalized spacial score (nSPS) is 16.8. The topological polar surface area (TPSA) is 167 Å². The summed E-state index contributed by atoms with van der Waals surface area (Å²) >= 11 is 1.32. The van der Waals surface area contributed by atoms with Gasteiger partial charge in [0.1, 0.15) is 18.7 Å². The van der Waals surface area contributed by atoms with E-state index in [1.807, 2.05) is 30.3 Å². The van der Waals surface area contributed by atoms with E-state index in [-0.39, 0.29) is 19.1 Å². The summed E-state index contributed by atoms with van der Waals surface area (Å²) < 4.78 is 13.2. The highest BCUT2D eigenvalue weighted by Crippen LogP contribution is 2.24. The first-order valence-corrected chi connectivity index (χ1v) is 13.3. The Morgan fingerprint density at radius 1 is 1.18 bits per heavy atom. The van der Waals surface area contributed by atoms with Crippen LogP contribution in [-0.2, 0) is 32.3 Å². The number of hydrogen-bond acceptors (Lipinski definition) is 9. The first-order chi connectivity index (χ1) is 18.1. The van der Waals surface area contributed by atoms with Gasteiger partial charge in [-0.3, -0.25) is 18.9 Å². The van der Waals surface area contributed by atoms with E-state index in [4.69, 9.17) is 20.9 Å². The Kier molecular flexibility index (Phi) is 8.59. The predicted molar refractivity (Wildman–Crippen MR) is 140 cm³/mol. The maximum absolute atomic E-state index is 12.8. The van der Waals surface area contributed by atoms with Crippen molar-refractivity contribution in [1.82, 2.24) is 24.8 Å². The van der Waals surface area contributed by atoms with Gasteiger partial charge in [-0.1, -0.05) is 30.3 Å². The molecule has 3 amide bonds. The zero-order chi connectivity index (χ0) is 27.3. The highest BCUT2D eigenvalue weighted by molar-refractivity contribution is 7.15. The zero-order valence-electron chi connectivity index (χ0n) is 21.5. The fraction of sp³-hybridized carbons (Fsp3) is 0.480. The van der Waals surface area contributed by atoms with Gasteiger partial charge in [0.2, 0.25) is 16.8 Å². The fourth-order valence-corrected chi connectivity index (χ4v) is 5.00. The molecular formula is C25H33N7O5S. The van der Waals surface area contributed by atoms with Gasteiger partial charge in [0.05, 0.1) is 24.4 Å². The molecule has 38 heavy (non-hydrogen) atoms. The van der Waals surface area contributed by atoms with Crippen LogP contribution in [0.15, 0.2) is 35.7 Å². The van der Waals surface area contributed by atoms with Gasteiger partial charge in [0.15, 0.2) is 5.82 Å². The molecule has 4 rings (SSSR count). The number of fused-ring (bicyclic) bond motifs is 1. The molecular weight excluding hydrogens is 510 g/mol. The van der Waals surface area contributed by atoms with Gasteiger partial charge in [0.25, 0.3) is 0 Å². The first-order valence-electron chi connectivity index (χ1n) is 12.4. The van der Waals surface area contributed by atoms with Crippen molar-refractivity contribution in [3.63, 3.8) is 0 Å². The standard InChI is InChI=1S/C25H33N7O5S/c1-25(2,27)22(34)28-18(14-36-12-16-8-4-3-5-9-16)21-29-30-23-32(21)17(15-38-23)13-37-24(35)31-11-7-6-10-19(31)20(26)33/h3-5,8-9,15,18-19H,6-7,10-14,27H2,1-2H3,(H2,26,33)(H,28,34)/t18-,19-/m1/s1. The third-order valence-corrected chi connectivity index (χ3v) is 7.12. The largest absolute Gasteiger partial charge is 0.443 e. The summed E-state index contributed by atoms with van der Waals surface area (Å²) in [4.78, 5) is 39.3. The van der Waals surface area contributed by atoms with Crippen molar-refractivity contribution in [2.24, 2.45) is 11.5 Å². The Hall–Kier alpha value is -3.55. The van der Waals surface area contributed by atoms with Crippen LogP contribution in [0.25, 0.3) is 4.96 Å². The summed E-state index contributed by atoms with van der Waals surface area (Å²) in [5.41, 5.74) is 12.0. The van der Waals surface area contributed by atoms with Crippen LogP contribution in [0.4, 0.5) is 4.79 Å². The third kappa shape index (κ3) is 6.47. The summed E-state index contributed by atoms with van der Waals surface area (Å²) in [7, 11) is 0. The van der Waals surface area contributed by atoms with Crippen molar-refractivity contribution in [3.8, 4) is 0 Å². The van der Waals surface area contributed by atoms with E-state index in [0.29, 0.717) is 36.1 Å². The lowest BCUT2D eigenvalue weighted by Crippen LogP contribution is -2.51. The second kappa shape index (κ2) is 11.9. The van der Waals surface area contributed by atoms with Crippen molar-refractivity contribution in [3.05, 3.63) is 52.8 Å². The number of piperidine rings is 1. The second-order valence-corrected chi connectivity index (χ2v) is 10.7. The van der Waals surface area contributed by atoms with E-state index >= 15 is 0 Å². The summed E-state index contributed by atoms with van der Waals surface area (Å²) in [6, 6.07) is 8.31.